The van der Waals surface area contributed by atoms with Crippen LogP contribution in [0.4, 0.5) is 5.82 Å². The Bertz CT molecular complexity index is 818. The summed E-state index contributed by atoms with van der Waals surface area (Å²) < 4.78 is 0. The van der Waals surface area contributed by atoms with E-state index in [0.29, 0.717) is 11.4 Å². The van der Waals surface area contributed by atoms with E-state index < -0.39 is 0 Å². The number of hydrogen-bond donors (Lipinski definition) is 1. The number of amides is 1. The Morgan fingerprint density at radius 1 is 1.14 bits per heavy atom. The van der Waals surface area contributed by atoms with Gasteiger partial charge >= 0.3 is 0 Å². The summed E-state index contributed by atoms with van der Waals surface area (Å²) in [7, 11) is 0. The minimum Gasteiger partial charge on any atom is -0.305 e. The second-order valence-corrected chi connectivity index (χ2v) is 4.91. The number of halogens is 1. The summed E-state index contributed by atoms with van der Waals surface area (Å²) in [5.41, 5.74) is 2.11. The Morgan fingerprint density at radius 2 is 1.95 bits per heavy atom. The van der Waals surface area contributed by atoms with Crippen LogP contribution in [0.5, 0.6) is 0 Å². The van der Waals surface area contributed by atoms with E-state index >= 15 is 0 Å². The van der Waals surface area contributed by atoms with Crippen molar-refractivity contribution in [2.45, 2.75) is 6.92 Å². The summed E-state index contributed by atoms with van der Waals surface area (Å²) in [6, 6.07) is 12.4. The van der Waals surface area contributed by atoms with Gasteiger partial charge in [-0.25, -0.2) is 0 Å². The molecular formula is C15H11ClN4O. The maximum atomic E-state index is 12.4. The lowest BCUT2D eigenvalue weighted by Crippen LogP contribution is -2.14. The van der Waals surface area contributed by atoms with Crippen LogP contribution in [-0.2, 0) is 0 Å². The first-order valence-corrected chi connectivity index (χ1v) is 6.68. The van der Waals surface area contributed by atoms with Gasteiger partial charge in [0.1, 0.15) is 0 Å². The van der Waals surface area contributed by atoms with Gasteiger partial charge in [0.25, 0.3) is 5.91 Å². The van der Waals surface area contributed by atoms with Gasteiger partial charge in [0.05, 0.1) is 11.1 Å². The zero-order valence-corrected chi connectivity index (χ0v) is 11.9. The van der Waals surface area contributed by atoms with Gasteiger partial charge < -0.3 is 5.32 Å². The van der Waals surface area contributed by atoms with E-state index in [0.717, 1.165) is 16.6 Å². The number of benzene rings is 1. The molecule has 1 aromatic carbocycles. The highest BCUT2D eigenvalue weighted by Gasteiger charge is 2.12. The third kappa shape index (κ3) is 2.83. The van der Waals surface area contributed by atoms with Crippen LogP contribution in [-0.4, -0.2) is 21.1 Å². The van der Waals surface area contributed by atoms with Crippen molar-refractivity contribution in [1.82, 2.24) is 15.2 Å². The fourth-order valence-electron chi connectivity index (χ4n) is 2.06. The predicted octanol–water partition coefficient (Wildman–Crippen LogP) is 3.24. The van der Waals surface area contributed by atoms with Crippen LogP contribution < -0.4 is 5.32 Å². The highest BCUT2D eigenvalue weighted by atomic mass is 35.5. The molecule has 2 heterocycles. The van der Waals surface area contributed by atoms with E-state index in [1.165, 1.54) is 0 Å². The smallest absolute Gasteiger partial charge is 0.257 e. The van der Waals surface area contributed by atoms with Crippen molar-refractivity contribution < 1.29 is 4.79 Å². The van der Waals surface area contributed by atoms with Gasteiger partial charge in [-0.05, 0) is 31.2 Å². The molecule has 0 radical (unpaired) electrons. The zero-order valence-electron chi connectivity index (χ0n) is 11.2. The van der Waals surface area contributed by atoms with Crippen molar-refractivity contribution in [1.29, 1.82) is 0 Å². The fourth-order valence-corrected chi connectivity index (χ4v) is 2.16. The lowest BCUT2D eigenvalue weighted by Gasteiger charge is -2.08. The van der Waals surface area contributed by atoms with Crippen molar-refractivity contribution in [3.8, 4) is 0 Å². The second-order valence-electron chi connectivity index (χ2n) is 4.52. The molecule has 6 heteroatoms. The lowest BCUT2D eigenvalue weighted by atomic mass is 10.1. The van der Waals surface area contributed by atoms with Crippen LogP contribution >= 0.6 is 11.6 Å². The number of para-hydroxylation sites is 1. The van der Waals surface area contributed by atoms with Crippen molar-refractivity contribution in [3.05, 3.63) is 58.9 Å². The van der Waals surface area contributed by atoms with Crippen LogP contribution in [0.3, 0.4) is 0 Å². The van der Waals surface area contributed by atoms with Gasteiger partial charge in [0, 0.05) is 11.1 Å². The highest BCUT2D eigenvalue weighted by Crippen LogP contribution is 2.19. The van der Waals surface area contributed by atoms with E-state index in [4.69, 9.17) is 11.6 Å². The molecule has 2 aromatic heterocycles. The molecule has 0 aliphatic heterocycles. The number of anilines is 1. The van der Waals surface area contributed by atoms with E-state index in [2.05, 4.69) is 20.5 Å². The molecule has 0 atom stereocenters. The number of nitrogens with one attached hydrogen (secondary N) is 1. The third-order valence-electron chi connectivity index (χ3n) is 2.96. The minimum absolute atomic E-state index is 0.256. The summed E-state index contributed by atoms with van der Waals surface area (Å²) in [6.45, 7) is 1.85. The molecule has 21 heavy (non-hydrogen) atoms. The van der Waals surface area contributed by atoms with Gasteiger partial charge in [-0.3, -0.25) is 9.78 Å². The summed E-state index contributed by atoms with van der Waals surface area (Å²) in [4.78, 5) is 16.8. The molecule has 0 spiro atoms. The van der Waals surface area contributed by atoms with Crippen LogP contribution in [0.2, 0.25) is 5.15 Å². The summed E-state index contributed by atoms with van der Waals surface area (Å²) in [6.07, 6.45) is 0. The molecule has 0 aliphatic carbocycles. The van der Waals surface area contributed by atoms with Gasteiger partial charge in [-0.2, -0.15) is 0 Å². The number of carbonyl (C=O) groups is 1. The van der Waals surface area contributed by atoms with Crippen LogP contribution in [0.1, 0.15) is 16.1 Å². The first-order chi connectivity index (χ1) is 10.1. The number of fused-ring (bicyclic) bond motifs is 1. The Labute approximate surface area is 126 Å². The molecule has 3 rings (SSSR count). The van der Waals surface area contributed by atoms with Gasteiger partial charge in [0.2, 0.25) is 0 Å². The van der Waals surface area contributed by atoms with Gasteiger partial charge in [-0.1, -0.05) is 29.8 Å². The molecular weight excluding hydrogens is 288 g/mol. The minimum atomic E-state index is -0.256. The predicted molar refractivity (Wildman–Crippen MR) is 81.5 cm³/mol. The number of carbonyl (C=O) groups excluding carboxylic acids is 1. The number of pyridine rings is 1. The average molecular weight is 299 g/mol. The maximum absolute atomic E-state index is 12.4. The van der Waals surface area contributed by atoms with E-state index in [-0.39, 0.29) is 11.1 Å². The van der Waals surface area contributed by atoms with Gasteiger partial charge in [-0.15, -0.1) is 10.2 Å². The van der Waals surface area contributed by atoms with Crippen LogP contribution in [0.25, 0.3) is 10.9 Å². The van der Waals surface area contributed by atoms with Crippen molar-refractivity contribution in [3.63, 3.8) is 0 Å². The van der Waals surface area contributed by atoms with Gasteiger partial charge in [0.15, 0.2) is 11.0 Å². The molecule has 1 N–H and O–H groups in total. The Morgan fingerprint density at radius 3 is 2.71 bits per heavy atom. The van der Waals surface area contributed by atoms with Crippen molar-refractivity contribution in [2.75, 3.05) is 5.32 Å². The van der Waals surface area contributed by atoms with Crippen molar-refractivity contribution in [2.24, 2.45) is 0 Å². The monoisotopic (exact) mass is 298 g/mol. The normalized spacial score (nSPS) is 10.6. The van der Waals surface area contributed by atoms with Crippen LogP contribution in [0.15, 0.2) is 42.5 Å². The molecule has 0 saturated carbocycles. The Hall–Kier alpha value is -2.53. The Kier molecular flexibility index (Phi) is 3.50. The summed E-state index contributed by atoms with van der Waals surface area (Å²) in [5, 5.41) is 11.3. The Balaban J connectivity index is 1.99. The summed E-state index contributed by atoms with van der Waals surface area (Å²) in [5.74, 6) is 0.0938. The molecule has 0 saturated heterocycles. The summed E-state index contributed by atoms with van der Waals surface area (Å²) >= 11 is 5.67. The molecule has 3 aromatic rings. The number of aryl methyl sites for hydroxylation is 1. The lowest BCUT2D eigenvalue weighted by molar-refractivity contribution is 0.102. The molecule has 0 unspecified atom stereocenters. The highest BCUT2D eigenvalue weighted by molar-refractivity contribution is 6.29. The molecule has 0 aliphatic rings. The quantitative estimate of drug-likeness (QED) is 0.788. The number of aromatic nitrogens is 3. The first-order valence-electron chi connectivity index (χ1n) is 6.30. The van der Waals surface area contributed by atoms with Crippen molar-refractivity contribution >= 4 is 34.2 Å². The third-order valence-corrected chi connectivity index (χ3v) is 3.16. The molecule has 0 fully saturated rings. The number of hydrogen-bond acceptors (Lipinski definition) is 4. The second kappa shape index (κ2) is 5.46. The first kappa shape index (κ1) is 13.5. The number of rotatable bonds is 2. The van der Waals surface area contributed by atoms with E-state index in [1.54, 1.807) is 18.2 Å². The standard InChI is InChI=1S/C15H11ClN4O/c1-9-8-11(10-4-2-3-5-12(10)17-9)15(21)18-14-7-6-13(16)19-20-14/h2-8H,1H3,(H,18,20,21). The average Bonchev–Trinajstić information content (AvgIpc) is 2.48. The van der Waals surface area contributed by atoms with E-state index in [9.17, 15) is 4.79 Å². The number of nitrogens with zero attached hydrogens (tertiary/aromatic N) is 3. The molecule has 104 valence electrons. The maximum Gasteiger partial charge on any atom is 0.257 e. The molecule has 5 nitrogen and oxygen atoms in total. The largest absolute Gasteiger partial charge is 0.305 e. The SMILES string of the molecule is Cc1cc(C(=O)Nc2ccc(Cl)nn2)c2ccccc2n1. The van der Waals surface area contributed by atoms with Crippen LogP contribution in [0, 0.1) is 6.92 Å². The molecule has 1 amide bonds. The molecule has 0 bridgehead atoms. The zero-order chi connectivity index (χ0) is 14.8. The van der Waals surface area contributed by atoms with E-state index in [1.807, 2.05) is 31.2 Å². The topological polar surface area (TPSA) is 67.8 Å². The fraction of sp³-hybridized carbons (Fsp3) is 0.0667.